The number of sulfonamides is 1. The molecule has 0 radical (unpaired) electrons. The fraction of sp³-hybridized carbons (Fsp3) is 0.417. The van der Waals surface area contributed by atoms with E-state index in [0.717, 1.165) is 40.4 Å². The Morgan fingerprint density at radius 1 is 1.15 bits per heavy atom. The predicted molar refractivity (Wildman–Crippen MR) is 128 cm³/mol. The third kappa shape index (κ3) is 4.93. The number of anilines is 1. The van der Waals surface area contributed by atoms with Crippen LogP contribution in [0.4, 0.5) is 5.69 Å². The Labute approximate surface area is 199 Å². The van der Waals surface area contributed by atoms with Gasteiger partial charge in [-0.25, -0.2) is 8.42 Å². The van der Waals surface area contributed by atoms with Gasteiger partial charge in [0.05, 0.1) is 11.4 Å². The summed E-state index contributed by atoms with van der Waals surface area (Å²) in [5.41, 5.74) is 2.51. The van der Waals surface area contributed by atoms with E-state index < -0.39 is 15.9 Å². The van der Waals surface area contributed by atoms with Gasteiger partial charge < -0.3 is 10.2 Å². The van der Waals surface area contributed by atoms with Crippen LogP contribution in [0.3, 0.4) is 0 Å². The van der Waals surface area contributed by atoms with Gasteiger partial charge in [0.15, 0.2) is 0 Å². The van der Waals surface area contributed by atoms with Crippen molar-refractivity contribution in [3.63, 3.8) is 0 Å². The Hall–Kier alpha value is -2.42. The largest absolute Gasteiger partial charge is 0.351 e. The Morgan fingerprint density at radius 3 is 2.48 bits per heavy atom. The lowest BCUT2D eigenvalue weighted by atomic mass is 9.84. The zero-order chi connectivity index (χ0) is 23.8. The minimum Gasteiger partial charge on any atom is -0.351 e. The number of nitrogens with one attached hydrogen (secondary N) is 1. The first kappa shape index (κ1) is 23.7. The summed E-state index contributed by atoms with van der Waals surface area (Å²) in [6.07, 6.45) is 3.55. The molecule has 4 rings (SSSR count). The molecule has 2 aromatic carbocycles. The molecule has 1 atom stereocenters. The molecule has 0 saturated heterocycles. The van der Waals surface area contributed by atoms with Crippen molar-refractivity contribution in [1.29, 1.82) is 0 Å². The quantitative estimate of drug-likeness (QED) is 0.646. The standard InChI is InChI=1S/C24H28ClN3O4S/c1-16-12-19-13-21(10-11-22(19)28(16)24(30)18-4-3-5-18)33(31,32)27(2)15-23(29)26-14-17-6-8-20(25)9-7-17/h6-11,13,16,18H,3-5,12,14-15H2,1-2H3,(H,26,29). The number of hydrogen-bond donors (Lipinski definition) is 1. The van der Waals surface area contributed by atoms with Crippen molar-refractivity contribution in [2.75, 3.05) is 18.5 Å². The van der Waals surface area contributed by atoms with Gasteiger partial charge in [-0.2, -0.15) is 4.31 Å². The average Bonchev–Trinajstić information content (AvgIpc) is 3.06. The lowest BCUT2D eigenvalue weighted by molar-refractivity contribution is -0.125. The molecule has 1 fully saturated rings. The predicted octanol–water partition coefficient (Wildman–Crippen LogP) is 3.35. The Bertz CT molecular complexity index is 1160. The maximum atomic E-state index is 13.1. The molecule has 9 heteroatoms. The first-order chi connectivity index (χ1) is 15.7. The molecule has 0 bridgehead atoms. The number of nitrogens with zero attached hydrogens (tertiary/aromatic N) is 2. The summed E-state index contributed by atoms with van der Waals surface area (Å²) >= 11 is 5.86. The van der Waals surface area contributed by atoms with Crippen LogP contribution in [0, 0.1) is 5.92 Å². The van der Waals surface area contributed by atoms with Crippen LogP contribution in [0.15, 0.2) is 47.4 Å². The number of carbonyl (C=O) groups excluding carboxylic acids is 2. The zero-order valence-corrected chi connectivity index (χ0v) is 20.3. The van der Waals surface area contributed by atoms with E-state index in [1.165, 1.54) is 13.1 Å². The van der Waals surface area contributed by atoms with Crippen LogP contribution in [0.5, 0.6) is 0 Å². The molecule has 0 aromatic heterocycles. The maximum absolute atomic E-state index is 13.1. The highest BCUT2D eigenvalue weighted by Crippen LogP contribution is 2.38. The summed E-state index contributed by atoms with van der Waals surface area (Å²) in [5, 5.41) is 3.33. The summed E-state index contributed by atoms with van der Waals surface area (Å²) < 4.78 is 27.2. The van der Waals surface area contributed by atoms with Crippen LogP contribution < -0.4 is 10.2 Å². The van der Waals surface area contributed by atoms with Crippen molar-refractivity contribution in [3.8, 4) is 0 Å². The highest BCUT2D eigenvalue weighted by Gasteiger charge is 2.37. The van der Waals surface area contributed by atoms with Gasteiger partial charge in [-0.15, -0.1) is 0 Å². The van der Waals surface area contributed by atoms with Crippen LogP contribution in [0.25, 0.3) is 0 Å². The summed E-state index contributed by atoms with van der Waals surface area (Å²) in [4.78, 5) is 27.1. The van der Waals surface area contributed by atoms with Crippen LogP contribution in [-0.4, -0.2) is 44.2 Å². The molecule has 1 saturated carbocycles. The molecule has 1 N–H and O–H groups in total. The normalized spacial score (nSPS) is 18.2. The van der Waals surface area contributed by atoms with Gasteiger partial charge in [-0.3, -0.25) is 9.59 Å². The van der Waals surface area contributed by atoms with Gasteiger partial charge in [0.1, 0.15) is 0 Å². The van der Waals surface area contributed by atoms with Crippen LogP contribution >= 0.6 is 11.6 Å². The van der Waals surface area contributed by atoms with E-state index in [-0.39, 0.29) is 35.9 Å². The van der Waals surface area contributed by atoms with E-state index in [1.54, 1.807) is 36.4 Å². The second-order valence-corrected chi connectivity index (χ2v) is 11.3. The fourth-order valence-electron chi connectivity index (χ4n) is 4.28. The lowest BCUT2D eigenvalue weighted by Gasteiger charge is -2.32. The smallest absolute Gasteiger partial charge is 0.243 e. The number of benzene rings is 2. The molecular formula is C24H28ClN3O4S. The fourth-order valence-corrected chi connectivity index (χ4v) is 5.59. The molecule has 0 spiro atoms. The molecule has 33 heavy (non-hydrogen) atoms. The number of halogens is 1. The van der Waals surface area contributed by atoms with E-state index >= 15 is 0 Å². The van der Waals surface area contributed by atoms with Crippen molar-refractivity contribution in [3.05, 3.63) is 58.6 Å². The highest BCUT2D eigenvalue weighted by atomic mass is 35.5. The summed E-state index contributed by atoms with van der Waals surface area (Å²) in [6, 6.07) is 11.9. The Morgan fingerprint density at radius 2 is 1.85 bits per heavy atom. The van der Waals surface area contributed by atoms with Gasteiger partial charge in [-0.1, -0.05) is 30.2 Å². The summed E-state index contributed by atoms with van der Waals surface area (Å²) in [6.45, 7) is 1.98. The average molecular weight is 490 g/mol. The lowest BCUT2D eigenvalue weighted by Crippen LogP contribution is -2.42. The van der Waals surface area contributed by atoms with Gasteiger partial charge in [0.2, 0.25) is 21.8 Å². The van der Waals surface area contributed by atoms with Gasteiger partial charge in [-0.05, 0) is 67.6 Å². The molecule has 1 aliphatic carbocycles. The SMILES string of the molecule is CC1Cc2cc(S(=O)(=O)N(C)CC(=O)NCc3ccc(Cl)cc3)ccc2N1C(=O)C1CCC1. The molecule has 1 heterocycles. The van der Waals surface area contributed by atoms with Gasteiger partial charge in [0, 0.05) is 36.3 Å². The molecule has 7 nitrogen and oxygen atoms in total. The molecule has 2 amide bonds. The van der Waals surface area contributed by atoms with E-state index in [9.17, 15) is 18.0 Å². The van der Waals surface area contributed by atoms with Crippen LogP contribution in [-0.2, 0) is 32.6 Å². The molecule has 2 aromatic rings. The first-order valence-corrected chi connectivity index (χ1v) is 12.9. The number of amides is 2. The summed E-state index contributed by atoms with van der Waals surface area (Å²) in [5.74, 6) is -0.181. The van der Waals surface area contributed by atoms with Crippen molar-refractivity contribution < 1.29 is 18.0 Å². The number of fused-ring (bicyclic) bond motifs is 1. The molecule has 176 valence electrons. The number of likely N-dealkylation sites (N-methyl/N-ethyl adjacent to an activating group) is 1. The van der Waals surface area contributed by atoms with E-state index in [1.807, 2.05) is 11.8 Å². The number of hydrogen-bond acceptors (Lipinski definition) is 4. The Balaban J connectivity index is 1.42. The molecule has 1 unspecified atom stereocenters. The minimum absolute atomic E-state index is 0.00225. The van der Waals surface area contributed by atoms with E-state index in [2.05, 4.69) is 5.32 Å². The first-order valence-electron chi connectivity index (χ1n) is 11.1. The van der Waals surface area contributed by atoms with Crippen LogP contribution in [0.2, 0.25) is 5.02 Å². The Kier molecular flexibility index (Phi) is 6.79. The third-order valence-electron chi connectivity index (χ3n) is 6.44. The molecular weight excluding hydrogens is 462 g/mol. The van der Waals surface area contributed by atoms with Gasteiger partial charge >= 0.3 is 0 Å². The monoisotopic (exact) mass is 489 g/mol. The second kappa shape index (κ2) is 9.44. The van der Waals surface area contributed by atoms with Crippen molar-refractivity contribution in [1.82, 2.24) is 9.62 Å². The molecule has 1 aliphatic heterocycles. The number of carbonyl (C=O) groups is 2. The van der Waals surface area contributed by atoms with Gasteiger partial charge in [0.25, 0.3) is 0 Å². The van der Waals surface area contributed by atoms with Crippen molar-refractivity contribution in [2.24, 2.45) is 5.92 Å². The van der Waals surface area contributed by atoms with E-state index in [4.69, 9.17) is 11.6 Å². The zero-order valence-electron chi connectivity index (χ0n) is 18.8. The maximum Gasteiger partial charge on any atom is 0.243 e. The minimum atomic E-state index is -3.86. The second-order valence-electron chi connectivity index (χ2n) is 8.84. The van der Waals surface area contributed by atoms with Crippen molar-refractivity contribution >= 4 is 39.1 Å². The topological polar surface area (TPSA) is 86.8 Å². The van der Waals surface area contributed by atoms with E-state index in [0.29, 0.717) is 11.4 Å². The third-order valence-corrected chi connectivity index (χ3v) is 8.49. The molecule has 2 aliphatic rings. The van der Waals surface area contributed by atoms with Crippen molar-refractivity contribution in [2.45, 2.75) is 50.1 Å². The summed E-state index contributed by atoms with van der Waals surface area (Å²) in [7, 11) is -2.47. The highest BCUT2D eigenvalue weighted by molar-refractivity contribution is 7.89. The van der Waals surface area contributed by atoms with Crippen LogP contribution in [0.1, 0.15) is 37.3 Å². The number of rotatable bonds is 7.